The number of rotatable bonds is 31. The first-order chi connectivity index (χ1) is 22.6. The molecule has 0 unspecified atom stereocenters. The summed E-state index contributed by atoms with van der Waals surface area (Å²) in [6, 6.07) is 0. The van der Waals surface area contributed by atoms with Crippen molar-refractivity contribution >= 4 is 11.9 Å². The van der Waals surface area contributed by atoms with Gasteiger partial charge in [-0.2, -0.15) is 0 Å². The van der Waals surface area contributed by atoms with Crippen LogP contribution in [0.4, 0.5) is 0 Å². The summed E-state index contributed by atoms with van der Waals surface area (Å²) in [6.45, 7) is 4.13. The van der Waals surface area contributed by atoms with Gasteiger partial charge in [0, 0.05) is 12.8 Å². The lowest BCUT2D eigenvalue weighted by Crippen LogP contribution is -2.25. The van der Waals surface area contributed by atoms with E-state index >= 15 is 0 Å². The van der Waals surface area contributed by atoms with Crippen LogP contribution in [0.25, 0.3) is 0 Å². The zero-order valence-corrected chi connectivity index (χ0v) is 29.3. The number of carbonyl (C=O) groups is 2. The van der Waals surface area contributed by atoms with Crippen LogP contribution < -0.4 is 0 Å². The predicted molar refractivity (Wildman–Crippen MR) is 196 cm³/mol. The smallest absolute Gasteiger partial charge is 0.305 e. The van der Waals surface area contributed by atoms with Gasteiger partial charge < -0.3 is 14.6 Å². The molecule has 0 radical (unpaired) electrons. The van der Waals surface area contributed by atoms with Crippen molar-refractivity contribution in [1.82, 2.24) is 0 Å². The van der Waals surface area contributed by atoms with E-state index in [1.165, 1.54) is 51.4 Å². The molecule has 0 aliphatic carbocycles. The zero-order chi connectivity index (χ0) is 33.6. The van der Waals surface area contributed by atoms with Gasteiger partial charge in [-0.1, -0.05) is 125 Å². The average Bonchev–Trinajstić information content (AvgIpc) is 3.06. The van der Waals surface area contributed by atoms with Gasteiger partial charge in [-0.25, -0.2) is 0 Å². The fraction of sp³-hybridized carbons (Fsp3) is 0.610. The maximum absolute atomic E-state index is 11.9. The molecule has 0 aromatic rings. The highest BCUT2D eigenvalue weighted by atomic mass is 16.6. The minimum Gasteiger partial charge on any atom is -0.463 e. The Hall–Kier alpha value is -2.92. The number of aliphatic hydroxyl groups is 1. The van der Waals surface area contributed by atoms with Crippen molar-refractivity contribution in [3.05, 3.63) is 85.1 Å². The van der Waals surface area contributed by atoms with Crippen molar-refractivity contribution in [2.75, 3.05) is 13.2 Å². The van der Waals surface area contributed by atoms with E-state index in [4.69, 9.17) is 9.47 Å². The van der Waals surface area contributed by atoms with Crippen molar-refractivity contribution in [3.63, 3.8) is 0 Å². The number of ether oxygens (including phenoxy) is 2. The molecule has 0 bridgehead atoms. The van der Waals surface area contributed by atoms with E-state index in [1.54, 1.807) is 0 Å². The normalized spacial score (nSPS) is 13.2. The molecular formula is C41H66O5. The van der Waals surface area contributed by atoms with Gasteiger partial charge in [0.05, 0.1) is 0 Å². The summed E-state index contributed by atoms with van der Waals surface area (Å²) in [6.07, 6.45) is 49.2. The van der Waals surface area contributed by atoms with Gasteiger partial charge in [0.15, 0.2) is 0 Å². The van der Waals surface area contributed by atoms with Crippen LogP contribution in [0.3, 0.4) is 0 Å². The molecule has 0 fully saturated rings. The topological polar surface area (TPSA) is 72.8 Å². The van der Waals surface area contributed by atoms with Crippen LogP contribution in [0.5, 0.6) is 0 Å². The Morgan fingerprint density at radius 3 is 1.13 bits per heavy atom. The number of hydrogen-bond acceptors (Lipinski definition) is 5. The van der Waals surface area contributed by atoms with Crippen molar-refractivity contribution in [2.45, 2.75) is 148 Å². The minimum atomic E-state index is -1.01. The van der Waals surface area contributed by atoms with Gasteiger partial charge in [-0.05, 0) is 89.9 Å². The molecule has 46 heavy (non-hydrogen) atoms. The highest BCUT2D eigenvalue weighted by Gasteiger charge is 2.11. The van der Waals surface area contributed by atoms with Gasteiger partial charge in [0.25, 0.3) is 0 Å². The summed E-state index contributed by atoms with van der Waals surface area (Å²) < 4.78 is 10.2. The van der Waals surface area contributed by atoms with Crippen LogP contribution in [0.1, 0.15) is 142 Å². The van der Waals surface area contributed by atoms with E-state index in [2.05, 4.69) is 98.9 Å². The third-order valence-electron chi connectivity index (χ3n) is 7.10. The second-order valence-corrected chi connectivity index (χ2v) is 11.6. The molecule has 0 aliphatic rings. The Morgan fingerprint density at radius 2 is 0.761 bits per heavy atom. The molecule has 0 aromatic heterocycles. The molecule has 0 aromatic carbocycles. The minimum absolute atomic E-state index is 0.158. The number of carbonyl (C=O) groups excluding carboxylic acids is 2. The molecule has 1 N–H and O–H groups in total. The van der Waals surface area contributed by atoms with E-state index in [1.807, 2.05) is 0 Å². The summed E-state index contributed by atoms with van der Waals surface area (Å²) in [5.41, 5.74) is 0. The van der Waals surface area contributed by atoms with Crippen LogP contribution in [0.2, 0.25) is 0 Å². The average molecular weight is 639 g/mol. The highest BCUT2D eigenvalue weighted by molar-refractivity contribution is 5.69. The Balaban J connectivity index is 3.65. The van der Waals surface area contributed by atoms with Crippen LogP contribution in [-0.4, -0.2) is 36.4 Å². The molecule has 0 aliphatic heterocycles. The second-order valence-electron chi connectivity index (χ2n) is 11.6. The van der Waals surface area contributed by atoms with Crippen LogP contribution in [0.15, 0.2) is 85.1 Å². The lowest BCUT2D eigenvalue weighted by Gasteiger charge is -2.12. The fourth-order valence-corrected chi connectivity index (χ4v) is 4.32. The second kappa shape index (κ2) is 36.5. The highest BCUT2D eigenvalue weighted by Crippen LogP contribution is 2.06. The van der Waals surface area contributed by atoms with E-state index in [0.29, 0.717) is 19.3 Å². The van der Waals surface area contributed by atoms with Crippen molar-refractivity contribution in [3.8, 4) is 0 Å². The lowest BCUT2D eigenvalue weighted by atomic mass is 10.1. The van der Waals surface area contributed by atoms with Gasteiger partial charge >= 0.3 is 11.9 Å². The maximum Gasteiger partial charge on any atom is 0.305 e. The lowest BCUT2D eigenvalue weighted by molar-refractivity contribution is -0.152. The van der Waals surface area contributed by atoms with E-state index < -0.39 is 6.10 Å². The summed E-state index contributed by atoms with van der Waals surface area (Å²) in [5, 5.41) is 9.97. The van der Waals surface area contributed by atoms with Crippen molar-refractivity contribution < 1.29 is 24.2 Å². The number of allylic oxidation sites excluding steroid dienone is 14. The molecule has 5 nitrogen and oxygen atoms in total. The first-order valence-corrected chi connectivity index (χ1v) is 18.1. The van der Waals surface area contributed by atoms with Gasteiger partial charge in [0.2, 0.25) is 0 Å². The fourth-order valence-electron chi connectivity index (χ4n) is 4.32. The van der Waals surface area contributed by atoms with Crippen LogP contribution >= 0.6 is 0 Å². The summed E-state index contributed by atoms with van der Waals surface area (Å²) in [7, 11) is 0. The third kappa shape index (κ3) is 35.6. The molecule has 0 spiro atoms. The number of aliphatic hydroxyl groups excluding tert-OH is 1. The van der Waals surface area contributed by atoms with Crippen molar-refractivity contribution in [1.29, 1.82) is 0 Å². The van der Waals surface area contributed by atoms with E-state index in [9.17, 15) is 14.7 Å². The summed E-state index contributed by atoms with van der Waals surface area (Å²) >= 11 is 0. The molecule has 0 saturated heterocycles. The van der Waals surface area contributed by atoms with Crippen LogP contribution in [-0.2, 0) is 19.1 Å². The van der Waals surface area contributed by atoms with E-state index in [0.717, 1.165) is 57.8 Å². The van der Waals surface area contributed by atoms with Gasteiger partial charge in [0.1, 0.15) is 19.3 Å². The molecule has 5 heteroatoms. The monoisotopic (exact) mass is 638 g/mol. The SMILES string of the molecule is CCCCC/C=C\C/C=C\C/C=C\C/C=C\CCCC(=O)OC[C@H](O)COC(=O)CCCC/C=C\C/C=C\C/C=C\CCCCC. The molecule has 1 atom stereocenters. The number of unbranched alkanes of at least 4 members (excludes halogenated alkanes) is 9. The zero-order valence-electron chi connectivity index (χ0n) is 29.3. The Labute approximate surface area is 282 Å². The molecular weight excluding hydrogens is 572 g/mol. The number of esters is 2. The standard InChI is InChI=1S/C41H66O5/c1-3-5-7-9-11-13-15-17-19-20-22-24-26-28-30-32-34-36-41(44)46-38-39(42)37-45-40(43)35-33-31-29-27-25-23-21-18-16-14-12-10-8-6-4-2/h11-14,17-19,21-22,24-25,27-28,30,39,42H,3-10,15-16,20,23,26,29,31-38H2,1-2H3/b13-11-,14-12-,19-17-,21-18-,24-22-,27-25-,30-28-/t39-/m1/s1. The molecule has 0 saturated carbocycles. The first kappa shape index (κ1) is 43.1. The van der Waals surface area contributed by atoms with Gasteiger partial charge in [-0.3, -0.25) is 9.59 Å². The third-order valence-corrected chi connectivity index (χ3v) is 7.10. The maximum atomic E-state index is 11.9. The Kier molecular flexibility index (Phi) is 34.2. The Morgan fingerprint density at radius 1 is 0.457 bits per heavy atom. The Bertz CT molecular complexity index is 906. The summed E-state index contributed by atoms with van der Waals surface area (Å²) in [5.74, 6) is -0.682. The summed E-state index contributed by atoms with van der Waals surface area (Å²) in [4.78, 5) is 23.8. The molecule has 260 valence electrons. The largest absolute Gasteiger partial charge is 0.463 e. The van der Waals surface area contributed by atoms with E-state index in [-0.39, 0.29) is 25.2 Å². The molecule has 0 rings (SSSR count). The molecule has 0 heterocycles. The van der Waals surface area contributed by atoms with Crippen LogP contribution in [0, 0.1) is 0 Å². The first-order valence-electron chi connectivity index (χ1n) is 18.1. The molecule has 0 amide bonds. The van der Waals surface area contributed by atoms with Gasteiger partial charge in [-0.15, -0.1) is 0 Å². The quantitative estimate of drug-likeness (QED) is 0.0465. The number of hydrogen-bond donors (Lipinski definition) is 1. The van der Waals surface area contributed by atoms with Crippen molar-refractivity contribution in [2.24, 2.45) is 0 Å². The predicted octanol–water partition coefficient (Wildman–Crippen LogP) is 11.2.